The average molecular weight is 283 g/mol. The summed E-state index contributed by atoms with van der Waals surface area (Å²) in [4.78, 5) is 11.6. The van der Waals surface area contributed by atoms with E-state index in [-0.39, 0.29) is 11.5 Å². The van der Waals surface area contributed by atoms with Crippen molar-refractivity contribution in [1.29, 1.82) is 0 Å². The van der Waals surface area contributed by atoms with Crippen LogP contribution in [0.5, 0.6) is 0 Å². The molecule has 1 unspecified atom stereocenters. The highest BCUT2D eigenvalue weighted by atomic mass is 32.2. The number of benzene rings is 1. The number of sulfonamides is 1. The third kappa shape index (κ3) is 1.85. The zero-order chi connectivity index (χ0) is 13.8. The predicted octanol–water partition coefficient (Wildman–Crippen LogP) is -0.346. The van der Waals surface area contributed by atoms with E-state index in [4.69, 9.17) is 4.74 Å². The van der Waals surface area contributed by atoms with Crippen LogP contribution < -0.4 is 0 Å². The second kappa shape index (κ2) is 4.03. The Morgan fingerprint density at radius 2 is 1.95 bits per heavy atom. The second-order valence-electron chi connectivity index (χ2n) is 4.78. The normalized spacial score (nSPS) is 33.5. The lowest BCUT2D eigenvalue weighted by atomic mass is 10.2. The molecule has 1 aromatic rings. The van der Waals surface area contributed by atoms with E-state index in [9.17, 15) is 18.3 Å². The van der Waals surface area contributed by atoms with Crippen LogP contribution in [0.25, 0.3) is 0 Å². The molecular weight excluding hydrogens is 270 g/mol. The van der Waals surface area contributed by atoms with Gasteiger partial charge in [-0.15, -0.1) is 0 Å². The molecule has 2 heterocycles. The molecule has 0 radical (unpaired) electrons. The lowest BCUT2D eigenvalue weighted by molar-refractivity contribution is -0.149. The van der Waals surface area contributed by atoms with Gasteiger partial charge in [-0.1, -0.05) is 17.7 Å². The summed E-state index contributed by atoms with van der Waals surface area (Å²) in [6.07, 6.45) is -0.956. The molecule has 0 saturated carbocycles. The van der Waals surface area contributed by atoms with E-state index in [2.05, 4.69) is 0 Å². The third-order valence-electron chi connectivity index (χ3n) is 3.43. The van der Waals surface area contributed by atoms with Crippen LogP contribution >= 0.6 is 0 Å². The lowest BCUT2D eigenvalue weighted by Crippen LogP contribution is -2.33. The molecule has 102 valence electrons. The molecule has 19 heavy (non-hydrogen) atoms. The topological polar surface area (TPSA) is 83.7 Å². The van der Waals surface area contributed by atoms with Gasteiger partial charge in [-0.05, 0) is 19.1 Å². The van der Waals surface area contributed by atoms with Crippen molar-refractivity contribution in [2.24, 2.45) is 0 Å². The second-order valence-corrected chi connectivity index (χ2v) is 6.62. The number of aliphatic hydroxyl groups excluding tert-OH is 1. The van der Waals surface area contributed by atoms with E-state index >= 15 is 0 Å². The number of aliphatic hydroxyl groups is 1. The number of nitrogens with zero attached hydrogens (tertiary/aromatic N) is 1. The van der Waals surface area contributed by atoms with Crippen molar-refractivity contribution in [3.05, 3.63) is 29.8 Å². The Labute approximate surface area is 110 Å². The van der Waals surface area contributed by atoms with Crippen molar-refractivity contribution in [3.8, 4) is 0 Å². The van der Waals surface area contributed by atoms with Gasteiger partial charge in [0.15, 0.2) is 0 Å². The highest BCUT2D eigenvalue weighted by Gasteiger charge is 2.65. The number of ether oxygens (including phenoxy) is 1. The summed E-state index contributed by atoms with van der Waals surface area (Å²) in [5.41, 5.74) is 0.946. The van der Waals surface area contributed by atoms with Crippen molar-refractivity contribution in [2.45, 2.75) is 30.0 Å². The van der Waals surface area contributed by atoms with Crippen molar-refractivity contribution >= 4 is 16.0 Å². The Morgan fingerprint density at radius 1 is 1.32 bits per heavy atom. The molecule has 0 aliphatic carbocycles. The molecule has 3 rings (SSSR count). The molecule has 2 saturated heterocycles. The largest absolute Gasteiger partial charge is 0.462 e. The molecule has 1 N–H and O–H groups in total. The number of carbonyl (C=O) groups excluding carboxylic acids is 1. The minimum absolute atomic E-state index is 0.118. The fourth-order valence-corrected chi connectivity index (χ4v) is 4.10. The van der Waals surface area contributed by atoms with Gasteiger partial charge in [-0.25, -0.2) is 8.42 Å². The maximum Gasteiger partial charge on any atom is 0.326 e. The number of carbonyl (C=O) groups is 1. The molecule has 2 aliphatic rings. The highest BCUT2D eigenvalue weighted by molar-refractivity contribution is 7.89. The summed E-state index contributed by atoms with van der Waals surface area (Å²) in [6, 6.07) is 4.80. The first kappa shape index (κ1) is 12.6. The van der Waals surface area contributed by atoms with Crippen LogP contribution in [0.1, 0.15) is 5.56 Å². The van der Waals surface area contributed by atoms with Gasteiger partial charge < -0.3 is 9.84 Å². The van der Waals surface area contributed by atoms with Crippen molar-refractivity contribution < 1.29 is 23.1 Å². The van der Waals surface area contributed by atoms with Gasteiger partial charge >= 0.3 is 5.97 Å². The first-order valence-electron chi connectivity index (χ1n) is 5.88. The van der Waals surface area contributed by atoms with E-state index in [0.29, 0.717) is 0 Å². The fraction of sp³-hybridized carbons (Fsp3) is 0.417. The Kier molecular flexibility index (Phi) is 2.67. The summed E-state index contributed by atoms with van der Waals surface area (Å²) >= 11 is 0. The molecule has 2 aliphatic heterocycles. The van der Waals surface area contributed by atoms with Gasteiger partial charge in [0.2, 0.25) is 10.0 Å². The third-order valence-corrected chi connectivity index (χ3v) is 5.32. The smallest absolute Gasteiger partial charge is 0.326 e. The molecular formula is C12H13NO5S. The van der Waals surface area contributed by atoms with E-state index < -0.39 is 34.2 Å². The van der Waals surface area contributed by atoms with Crippen molar-refractivity contribution in [1.82, 2.24) is 4.31 Å². The highest BCUT2D eigenvalue weighted by Crippen LogP contribution is 2.41. The van der Waals surface area contributed by atoms with Gasteiger partial charge in [0.05, 0.1) is 10.9 Å². The number of aryl methyl sites for hydroxylation is 1. The van der Waals surface area contributed by atoms with Crippen LogP contribution in [0.4, 0.5) is 0 Å². The van der Waals surface area contributed by atoms with Crippen molar-refractivity contribution in [2.75, 3.05) is 6.61 Å². The van der Waals surface area contributed by atoms with Gasteiger partial charge in [-0.3, -0.25) is 4.79 Å². The maximum absolute atomic E-state index is 12.4. The Morgan fingerprint density at radius 3 is 2.53 bits per heavy atom. The van der Waals surface area contributed by atoms with Crippen molar-refractivity contribution in [3.63, 3.8) is 0 Å². The summed E-state index contributed by atoms with van der Waals surface area (Å²) in [7, 11) is -3.76. The average Bonchev–Trinajstić information content (AvgIpc) is 3.12. The Balaban J connectivity index is 1.94. The molecule has 0 bridgehead atoms. The molecule has 4 atom stereocenters. The number of esters is 1. The van der Waals surface area contributed by atoms with Crippen LogP contribution in [0.15, 0.2) is 29.2 Å². The molecule has 0 aromatic heterocycles. The predicted molar refractivity (Wildman–Crippen MR) is 64.7 cm³/mol. The van der Waals surface area contributed by atoms with Gasteiger partial charge in [0.25, 0.3) is 0 Å². The van der Waals surface area contributed by atoms with Crippen LogP contribution in [0.2, 0.25) is 0 Å². The minimum Gasteiger partial charge on any atom is -0.462 e. The van der Waals surface area contributed by atoms with Gasteiger partial charge in [-0.2, -0.15) is 4.31 Å². The monoisotopic (exact) mass is 283 g/mol. The molecule has 6 nitrogen and oxygen atoms in total. The molecule has 0 spiro atoms. The van der Waals surface area contributed by atoms with E-state index in [1.54, 1.807) is 12.1 Å². The summed E-state index contributed by atoms with van der Waals surface area (Å²) in [5.74, 6) is -0.592. The SMILES string of the molecule is Cc1ccc(S(=O)(=O)N2[C@H]3[C@H](O)COC(=O)[C@H]32)cc1. The first-order chi connectivity index (χ1) is 8.93. The number of rotatable bonds is 2. The lowest BCUT2D eigenvalue weighted by Gasteiger charge is -2.13. The zero-order valence-corrected chi connectivity index (χ0v) is 11.0. The summed E-state index contributed by atoms with van der Waals surface area (Å²) in [5, 5.41) is 9.68. The zero-order valence-electron chi connectivity index (χ0n) is 10.2. The quantitative estimate of drug-likeness (QED) is 0.592. The van der Waals surface area contributed by atoms with Crippen LogP contribution in [-0.2, 0) is 19.6 Å². The number of hydrogen-bond acceptors (Lipinski definition) is 5. The summed E-state index contributed by atoms with van der Waals surface area (Å²) < 4.78 is 30.5. The number of fused-ring (bicyclic) bond motifs is 1. The number of cyclic esters (lactones) is 1. The molecule has 2 fully saturated rings. The van der Waals surface area contributed by atoms with E-state index in [0.717, 1.165) is 9.87 Å². The van der Waals surface area contributed by atoms with Gasteiger partial charge in [0, 0.05) is 0 Å². The van der Waals surface area contributed by atoms with Gasteiger partial charge in [0.1, 0.15) is 18.8 Å². The molecule has 7 heteroatoms. The molecule has 1 aromatic carbocycles. The standard InChI is InChI=1S/C12H13NO5S/c1-7-2-4-8(5-3-7)19(16,17)13-10-9(14)6-18-12(15)11(10)13/h2-5,9-11,14H,6H2,1H3/t9-,10+,11+,13?/m1/s1. The Bertz CT molecular complexity index is 624. The minimum atomic E-state index is -3.76. The summed E-state index contributed by atoms with van der Waals surface area (Å²) in [6.45, 7) is 1.70. The fourth-order valence-electron chi connectivity index (χ4n) is 2.35. The number of hydrogen-bond donors (Lipinski definition) is 1. The van der Waals surface area contributed by atoms with E-state index in [1.165, 1.54) is 12.1 Å². The Hall–Kier alpha value is -1.44. The van der Waals surface area contributed by atoms with Crippen LogP contribution in [0, 0.1) is 6.92 Å². The first-order valence-corrected chi connectivity index (χ1v) is 7.32. The molecule has 0 amide bonds. The van der Waals surface area contributed by atoms with Crippen LogP contribution in [-0.4, -0.2) is 48.6 Å². The maximum atomic E-state index is 12.4. The van der Waals surface area contributed by atoms with E-state index in [1.807, 2.05) is 6.92 Å². The van der Waals surface area contributed by atoms with Crippen LogP contribution in [0.3, 0.4) is 0 Å².